The van der Waals surface area contributed by atoms with Crippen LogP contribution in [-0.4, -0.2) is 60.9 Å². The Bertz CT molecular complexity index is 795. The Kier molecular flexibility index (Phi) is 6.76. The summed E-state index contributed by atoms with van der Waals surface area (Å²) in [5.74, 6) is 1.13. The minimum Gasteiger partial charge on any atom is -0.368 e. The molecule has 2 aliphatic heterocycles. The van der Waals surface area contributed by atoms with Crippen LogP contribution in [0.2, 0.25) is 0 Å². The van der Waals surface area contributed by atoms with Gasteiger partial charge in [0.15, 0.2) is 0 Å². The Morgan fingerprint density at radius 2 is 1.67 bits per heavy atom. The molecule has 0 bridgehead atoms. The Morgan fingerprint density at radius 1 is 0.933 bits per heavy atom. The van der Waals surface area contributed by atoms with Crippen LogP contribution in [0.5, 0.6) is 0 Å². The summed E-state index contributed by atoms with van der Waals surface area (Å²) in [7, 11) is 0. The average molecular weight is 410 g/mol. The first kappa shape index (κ1) is 21.0. The van der Waals surface area contributed by atoms with Crippen LogP contribution in [0, 0.1) is 12.8 Å². The van der Waals surface area contributed by atoms with Crippen LogP contribution in [0.1, 0.15) is 50.5 Å². The van der Waals surface area contributed by atoms with E-state index in [2.05, 4.69) is 42.2 Å². The van der Waals surface area contributed by atoms with Crippen LogP contribution in [0.4, 0.5) is 5.69 Å². The van der Waals surface area contributed by atoms with Crippen molar-refractivity contribution in [2.45, 2.75) is 51.9 Å². The molecule has 2 heterocycles. The van der Waals surface area contributed by atoms with Crippen molar-refractivity contribution >= 4 is 17.5 Å². The van der Waals surface area contributed by atoms with Crippen molar-refractivity contribution in [1.82, 2.24) is 9.80 Å². The first-order valence-electron chi connectivity index (χ1n) is 11.7. The van der Waals surface area contributed by atoms with Gasteiger partial charge >= 0.3 is 0 Å². The van der Waals surface area contributed by atoms with Gasteiger partial charge in [0.1, 0.15) is 0 Å². The molecule has 30 heavy (non-hydrogen) atoms. The van der Waals surface area contributed by atoms with Gasteiger partial charge in [-0.15, -0.1) is 0 Å². The smallest absolute Gasteiger partial charge is 0.222 e. The van der Waals surface area contributed by atoms with Crippen LogP contribution >= 0.6 is 0 Å². The molecule has 5 heteroatoms. The highest BCUT2D eigenvalue weighted by Crippen LogP contribution is 2.32. The van der Waals surface area contributed by atoms with Gasteiger partial charge in [-0.3, -0.25) is 9.59 Å². The lowest BCUT2D eigenvalue weighted by atomic mass is 9.82. The summed E-state index contributed by atoms with van der Waals surface area (Å²) in [4.78, 5) is 31.6. The van der Waals surface area contributed by atoms with E-state index in [0.717, 1.165) is 45.7 Å². The number of fused-ring (bicyclic) bond motifs is 1. The van der Waals surface area contributed by atoms with Crippen molar-refractivity contribution in [3.05, 3.63) is 41.5 Å². The van der Waals surface area contributed by atoms with E-state index in [1.807, 2.05) is 9.80 Å². The molecule has 1 unspecified atom stereocenters. The van der Waals surface area contributed by atoms with E-state index in [0.29, 0.717) is 25.2 Å². The lowest BCUT2D eigenvalue weighted by Gasteiger charge is -2.37. The molecule has 0 saturated carbocycles. The maximum Gasteiger partial charge on any atom is 0.222 e. The molecule has 2 fully saturated rings. The molecule has 0 spiro atoms. The third-order valence-corrected chi connectivity index (χ3v) is 7.03. The van der Waals surface area contributed by atoms with Crippen LogP contribution in [-0.2, 0) is 9.59 Å². The Morgan fingerprint density at radius 3 is 2.43 bits per heavy atom. The van der Waals surface area contributed by atoms with Gasteiger partial charge in [-0.25, -0.2) is 0 Å². The monoisotopic (exact) mass is 409 g/mol. The van der Waals surface area contributed by atoms with E-state index in [1.54, 1.807) is 0 Å². The maximum atomic E-state index is 12.6. The largest absolute Gasteiger partial charge is 0.368 e. The second-order valence-corrected chi connectivity index (χ2v) is 9.02. The average Bonchev–Trinajstić information content (AvgIpc) is 2.79. The van der Waals surface area contributed by atoms with Gasteiger partial charge in [0.25, 0.3) is 0 Å². The minimum absolute atomic E-state index is 0.195. The van der Waals surface area contributed by atoms with Crippen molar-refractivity contribution in [3.8, 4) is 0 Å². The van der Waals surface area contributed by atoms with Gasteiger partial charge in [0.2, 0.25) is 11.8 Å². The number of rotatable bonds is 5. The van der Waals surface area contributed by atoms with E-state index in [-0.39, 0.29) is 11.8 Å². The summed E-state index contributed by atoms with van der Waals surface area (Å²) in [5.41, 5.74) is 4.03. The summed E-state index contributed by atoms with van der Waals surface area (Å²) in [6.45, 7) is 7.12. The molecule has 162 valence electrons. The van der Waals surface area contributed by atoms with Gasteiger partial charge in [-0.1, -0.05) is 29.8 Å². The number of amides is 2. The number of likely N-dealkylation sites (tertiary alicyclic amines) is 1. The third-order valence-electron chi connectivity index (χ3n) is 7.03. The van der Waals surface area contributed by atoms with Gasteiger partial charge in [0.05, 0.1) is 0 Å². The molecule has 2 saturated heterocycles. The van der Waals surface area contributed by atoms with Crippen molar-refractivity contribution in [1.29, 1.82) is 0 Å². The van der Waals surface area contributed by atoms with Crippen molar-refractivity contribution in [3.63, 3.8) is 0 Å². The normalized spacial score (nSPS) is 21.8. The van der Waals surface area contributed by atoms with Crippen molar-refractivity contribution in [2.75, 3.05) is 44.2 Å². The second kappa shape index (κ2) is 9.67. The number of anilines is 1. The zero-order valence-electron chi connectivity index (χ0n) is 18.3. The van der Waals surface area contributed by atoms with Crippen LogP contribution in [0.25, 0.3) is 0 Å². The van der Waals surface area contributed by atoms with Gasteiger partial charge in [-0.05, 0) is 56.6 Å². The summed E-state index contributed by atoms with van der Waals surface area (Å²) >= 11 is 0. The first-order valence-corrected chi connectivity index (χ1v) is 11.7. The molecule has 1 aliphatic carbocycles. The number of benzene rings is 1. The first-order chi connectivity index (χ1) is 14.6. The topological polar surface area (TPSA) is 43.9 Å². The Labute approximate surface area is 180 Å². The molecule has 1 aromatic carbocycles. The SMILES string of the molecule is Cc1ccccc1N1CCN(C(=O)CCCC(=O)N2CCC3CCCC=C3C2)CC1. The highest BCUT2D eigenvalue weighted by Gasteiger charge is 2.28. The standard InChI is InChI=1S/C25H35N3O2/c1-20-7-2-5-10-23(20)26-15-17-27(18-16-26)24(29)11-6-12-25(30)28-14-13-21-8-3-4-9-22(21)19-28/h2,5,7,9-10,21H,3-4,6,8,11-19H2,1H3. The highest BCUT2D eigenvalue weighted by atomic mass is 16.2. The number of nitrogens with zero attached hydrogens (tertiary/aromatic N) is 3. The lowest BCUT2D eigenvalue weighted by molar-refractivity contribution is -0.133. The minimum atomic E-state index is 0.195. The molecular weight excluding hydrogens is 374 g/mol. The predicted octanol–water partition coefficient (Wildman–Crippen LogP) is 3.77. The molecule has 4 rings (SSSR count). The number of para-hydroxylation sites is 1. The summed E-state index contributed by atoms with van der Waals surface area (Å²) in [6, 6.07) is 8.43. The van der Waals surface area contributed by atoms with Gasteiger partial charge < -0.3 is 14.7 Å². The van der Waals surface area contributed by atoms with Crippen LogP contribution in [0.15, 0.2) is 35.9 Å². The number of hydrogen-bond acceptors (Lipinski definition) is 3. The van der Waals surface area contributed by atoms with E-state index in [1.165, 1.54) is 36.1 Å². The number of allylic oxidation sites excluding steroid dienone is 1. The molecule has 2 amide bonds. The van der Waals surface area contributed by atoms with Gasteiger partial charge in [0, 0.05) is 57.8 Å². The van der Waals surface area contributed by atoms with Crippen molar-refractivity contribution in [2.24, 2.45) is 5.92 Å². The highest BCUT2D eigenvalue weighted by molar-refractivity contribution is 5.79. The Balaban J connectivity index is 1.18. The van der Waals surface area contributed by atoms with E-state index in [4.69, 9.17) is 0 Å². The fraction of sp³-hybridized carbons (Fsp3) is 0.600. The number of piperidine rings is 1. The summed E-state index contributed by atoms with van der Waals surface area (Å²) in [5, 5.41) is 0. The fourth-order valence-corrected chi connectivity index (χ4v) is 5.17. The molecule has 3 aliphatic rings. The number of piperazine rings is 1. The molecule has 1 atom stereocenters. The second-order valence-electron chi connectivity index (χ2n) is 9.02. The zero-order valence-corrected chi connectivity index (χ0v) is 18.3. The van der Waals surface area contributed by atoms with Crippen LogP contribution in [0.3, 0.4) is 0 Å². The maximum absolute atomic E-state index is 12.6. The molecule has 0 radical (unpaired) electrons. The predicted molar refractivity (Wildman–Crippen MR) is 120 cm³/mol. The molecule has 0 N–H and O–H groups in total. The Hall–Kier alpha value is -2.30. The number of carbonyl (C=O) groups excluding carboxylic acids is 2. The van der Waals surface area contributed by atoms with E-state index < -0.39 is 0 Å². The number of hydrogen-bond donors (Lipinski definition) is 0. The van der Waals surface area contributed by atoms with E-state index in [9.17, 15) is 9.59 Å². The third kappa shape index (κ3) is 4.88. The van der Waals surface area contributed by atoms with E-state index >= 15 is 0 Å². The number of aryl methyl sites for hydroxylation is 1. The quantitative estimate of drug-likeness (QED) is 0.696. The molecular formula is C25H35N3O2. The van der Waals surface area contributed by atoms with Crippen molar-refractivity contribution < 1.29 is 9.59 Å². The molecule has 0 aromatic heterocycles. The lowest BCUT2D eigenvalue weighted by Crippen LogP contribution is -2.49. The fourth-order valence-electron chi connectivity index (χ4n) is 5.17. The molecule has 1 aromatic rings. The molecule has 5 nitrogen and oxygen atoms in total. The van der Waals surface area contributed by atoms with Crippen LogP contribution < -0.4 is 4.90 Å². The summed E-state index contributed by atoms with van der Waals surface area (Å²) < 4.78 is 0. The zero-order chi connectivity index (χ0) is 20.9. The number of carbonyl (C=O) groups is 2. The van der Waals surface area contributed by atoms with Gasteiger partial charge in [-0.2, -0.15) is 0 Å². The summed E-state index contributed by atoms with van der Waals surface area (Å²) in [6.07, 6.45) is 8.86.